The zero-order chi connectivity index (χ0) is 16.1. The molecule has 0 heterocycles. The molecule has 116 valence electrons. The van der Waals surface area contributed by atoms with Crippen molar-refractivity contribution in [2.75, 3.05) is 14.2 Å². The van der Waals surface area contributed by atoms with Crippen LogP contribution in [0.25, 0.3) is 0 Å². The Kier molecular flexibility index (Phi) is 4.80. The van der Waals surface area contributed by atoms with Crippen molar-refractivity contribution in [3.63, 3.8) is 0 Å². The molecule has 1 N–H and O–H groups in total. The first-order valence-electron chi connectivity index (χ1n) is 6.36. The van der Waals surface area contributed by atoms with E-state index in [2.05, 4.69) is 0 Å². The molecule has 0 fully saturated rings. The van der Waals surface area contributed by atoms with Crippen molar-refractivity contribution in [2.45, 2.75) is 6.61 Å². The molecule has 2 aromatic rings. The molecule has 0 amide bonds. The number of hydrogen-bond acceptors (Lipinski definition) is 6. The fraction of sp³-hybridized carbons (Fsp3) is 0.200. The number of nitro benzene ring substituents is 1. The Hall–Kier alpha value is -2.80. The van der Waals surface area contributed by atoms with Crippen molar-refractivity contribution in [1.82, 2.24) is 0 Å². The van der Waals surface area contributed by atoms with E-state index in [1.165, 1.54) is 32.4 Å². The molecular formula is C15H15NO6. The van der Waals surface area contributed by atoms with Crippen molar-refractivity contribution < 1.29 is 24.2 Å². The van der Waals surface area contributed by atoms with Crippen LogP contribution in [0.5, 0.6) is 23.0 Å². The van der Waals surface area contributed by atoms with Crippen LogP contribution in [0.4, 0.5) is 5.69 Å². The summed E-state index contributed by atoms with van der Waals surface area (Å²) < 4.78 is 15.9. The monoisotopic (exact) mass is 305 g/mol. The molecular weight excluding hydrogens is 290 g/mol. The van der Waals surface area contributed by atoms with Crippen LogP contribution in [0.15, 0.2) is 36.4 Å². The van der Waals surface area contributed by atoms with Crippen molar-refractivity contribution in [3.8, 4) is 23.0 Å². The van der Waals surface area contributed by atoms with Crippen molar-refractivity contribution in [2.24, 2.45) is 0 Å². The first kappa shape index (κ1) is 15.6. The summed E-state index contributed by atoms with van der Waals surface area (Å²) in [5, 5.41) is 20.0. The van der Waals surface area contributed by atoms with Gasteiger partial charge in [0.1, 0.15) is 11.5 Å². The van der Waals surface area contributed by atoms with Crippen molar-refractivity contribution in [3.05, 3.63) is 52.1 Å². The lowest BCUT2D eigenvalue weighted by molar-refractivity contribution is -0.384. The van der Waals surface area contributed by atoms with Gasteiger partial charge in [0.05, 0.1) is 31.8 Å². The summed E-state index contributed by atoms with van der Waals surface area (Å²) in [5.41, 5.74) is 0.529. The van der Waals surface area contributed by atoms with Gasteiger partial charge in [-0.25, -0.2) is 0 Å². The average Bonchev–Trinajstić information content (AvgIpc) is 2.54. The number of ether oxygens (including phenoxy) is 3. The Morgan fingerprint density at radius 1 is 1.05 bits per heavy atom. The first-order valence-corrected chi connectivity index (χ1v) is 6.36. The van der Waals surface area contributed by atoms with Crippen LogP contribution in [0, 0.1) is 10.1 Å². The molecule has 0 aliphatic carbocycles. The maximum atomic E-state index is 10.8. The Labute approximate surface area is 126 Å². The van der Waals surface area contributed by atoms with Crippen LogP contribution >= 0.6 is 0 Å². The third kappa shape index (κ3) is 3.44. The van der Waals surface area contributed by atoms with Gasteiger partial charge in [-0.05, 0) is 23.8 Å². The molecule has 0 aliphatic heterocycles. The van der Waals surface area contributed by atoms with Crippen LogP contribution in [0.3, 0.4) is 0 Å². The highest BCUT2D eigenvalue weighted by Crippen LogP contribution is 2.35. The van der Waals surface area contributed by atoms with Gasteiger partial charge >= 0.3 is 0 Å². The van der Waals surface area contributed by atoms with Crippen LogP contribution < -0.4 is 14.2 Å². The minimum atomic E-state index is -0.512. The number of rotatable bonds is 6. The number of benzene rings is 2. The number of methoxy groups -OCH3 is 2. The first-order chi connectivity index (χ1) is 10.6. The number of aliphatic hydroxyl groups is 1. The van der Waals surface area contributed by atoms with E-state index in [-0.39, 0.29) is 18.0 Å². The van der Waals surface area contributed by atoms with E-state index in [4.69, 9.17) is 14.2 Å². The number of non-ortho nitro benzene ring substituents is 1. The normalized spacial score (nSPS) is 10.1. The topological polar surface area (TPSA) is 91.1 Å². The third-order valence-electron chi connectivity index (χ3n) is 2.94. The van der Waals surface area contributed by atoms with Crippen LogP contribution in [0.1, 0.15) is 5.56 Å². The number of nitrogens with zero attached hydrogens (tertiary/aromatic N) is 1. The molecule has 0 aliphatic rings. The van der Waals surface area contributed by atoms with E-state index in [0.29, 0.717) is 22.8 Å². The maximum Gasteiger partial charge on any atom is 0.273 e. The highest BCUT2D eigenvalue weighted by Gasteiger charge is 2.13. The number of nitro groups is 1. The van der Waals surface area contributed by atoms with E-state index < -0.39 is 4.92 Å². The van der Waals surface area contributed by atoms with E-state index in [9.17, 15) is 15.2 Å². The summed E-state index contributed by atoms with van der Waals surface area (Å²) in [6.45, 7) is -0.162. The SMILES string of the molecule is COc1cc(CO)cc(Oc2ccc([N+](=O)[O-])cc2OC)c1. The second-order valence-corrected chi connectivity index (χ2v) is 4.37. The van der Waals surface area contributed by atoms with Gasteiger partial charge in [-0.2, -0.15) is 0 Å². The van der Waals surface area contributed by atoms with Gasteiger partial charge < -0.3 is 19.3 Å². The summed E-state index contributed by atoms with van der Waals surface area (Å²) >= 11 is 0. The van der Waals surface area contributed by atoms with Crippen LogP contribution in [-0.2, 0) is 6.61 Å². The quantitative estimate of drug-likeness (QED) is 0.651. The van der Waals surface area contributed by atoms with Crippen LogP contribution in [-0.4, -0.2) is 24.2 Å². The van der Waals surface area contributed by atoms with Gasteiger partial charge in [0, 0.05) is 12.1 Å². The third-order valence-corrected chi connectivity index (χ3v) is 2.94. The molecule has 0 saturated carbocycles. The predicted molar refractivity (Wildman–Crippen MR) is 78.6 cm³/mol. The van der Waals surface area contributed by atoms with E-state index >= 15 is 0 Å². The molecule has 2 rings (SSSR count). The molecule has 2 aromatic carbocycles. The summed E-state index contributed by atoms with van der Waals surface area (Å²) in [6, 6.07) is 9.02. The van der Waals surface area contributed by atoms with Gasteiger partial charge in [0.2, 0.25) is 0 Å². The summed E-state index contributed by atoms with van der Waals surface area (Å²) in [7, 11) is 2.91. The summed E-state index contributed by atoms with van der Waals surface area (Å²) in [6.07, 6.45) is 0. The second-order valence-electron chi connectivity index (χ2n) is 4.37. The van der Waals surface area contributed by atoms with Gasteiger partial charge in [0.25, 0.3) is 5.69 Å². The zero-order valence-electron chi connectivity index (χ0n) is 12.1. The lowest BCUT2D eigenvalue weighted by Gasteiger charge is -2.12. The van der Waals surface area contributed by atoms with Gasteiger partial charge in [-0.3, -0.25) is 10.1 Å². The molecule has 0 spiro atoms. The van der Waals surface area contributed by atoms with Crippen LogP contribution in [0.2, 0.25) is 0 Å². The fourth-order valence-corrected chi connectivity index (χ4v) is 1.88. The van der Waals surface area contributed by atoms with E-state index in [0.717, 1.165) is 0 Å². The molecule has 7 heteroatoms. The Bertz CT molecular complexity index is 663. The summed E-state index contributed by atoms with van der Waals surface area (Å²) in [4.78, 5) is 10.3. The number of aliphatic hydroxyl groups excluding tert-OH is 1. The second kappa shape index (κ2) is 6.77. The smallest absolute Gasteiger partial charge is 0.273 e. The molecule has 0 saturated heterocycles. The molecule has 22 heavy (non-hydrogen) atoms. The molecule has 7 nitrogen and oxygen atoms in total. The summed E-state index contributed by atoms with van der Waals surface area (Å²) in [5.74, 6) is 1.52. The van der Waals surface area contributed by atoms with Gasteiger partial charge in [-0.1, -0.05) is 0 Å². The van der Waals surface area contributed by atoms with Gasteiger partial charge in [0.15, 0.2) is 11.5 Å². The standard InChI is InChI=1S/C15H15NO6/c1-20-12-5-10(9-17)6-13(8-12)22-14-4-3-11(16(18)19)7-15(14)21-2/h3-8,17H,9H2,1-2H3. The largest absolute Gasteiger partial charge is 0.497 e. The minimum Gasteiger partial charge on any atom is -0.497 e. The predicted octanol–water partition coefficient (Wildman–Crippen LogP) is 2.90. The zero-order valence-corrected chi connectivity index (χ0v) is 12.1. The Balaban J connectivity index is 2.36. The Morgan fingerprint density at radius 2 is 1.77 bits per heavy atom. The highest BCUT2D eigenvalue weighted by atomic mass is 16.6. The molecule has 0 unspecified atom stereocenters. The molecule has 0 aromatic heterocycles. The molecule has 0 atom stereocenters. The van der Waals surface area contributed by atoms with Crippen molar-refractivity contribution >= 4 is 5.69 Å². The van der Waals surface area contributed by atoms with E-state index in [1.807, 2.05) is 0 Å². The maximum absolute atomic E-state index is 10.8. The average molecular weight is 305 g/mol. The molecule has 0 radical (unpaired) electrons. The lowest BCUT2D eigenvalue weighted by atomic mass is 10.2. The minimum absolute atomic E-state index is 0.0918. The lowest BCUT2D eigenvalue weighted by Crippen LogP contribution is -1.95. The highest BCUT2D eigenvalue weighted by molar-refractivity contribution is 5.51. The van der Waals surface area contributed by atoms with E-state index in [1.54, 1.807) is 18.2 Å². The molecule has 0 bridgehead atoms. The van der Waals surface area contributed by atoms with Crippen molar-refractivity contribution in [1.29, 1.82) is 0 Å². The van der Waals surface area contributed by atoms with Gasteiger partial charge in [-0.15, -0.1) is 0 Å². The Morgan fingerprint density at radius 3 is 2.36 bits per heavy atom. The number of hydrogen-bond donors (Lipinski definition) is 1. The fourth-order valence-electron chi connectivity index (χ4n) is 1.88.